The number of carbonyl (C=O) groups is 2. The average Bonchev–Trinajstić information content (AvgIpc) is 1.98. The number of rotatable bonds is 1. The van der Waals surface area contributed by atoms with E-state index in [1.165, 1.54) is 6.92 Å². The molecule has 62 valence electrons. The summed E-state index contributed by atoms with van der Waals surface area (Å²) in [6, 6.07) is -0.722. The molecule has 5 nitrogen and oxygen atoms in total. The zero-order valence-corrected chi connectivity index (χ0v) is 6.40. The molecular formula is C6H10N2O3. The summed E-state index contributed by atoms with van der Waals surface area (Å²) >= 11 is 0. The Bertz CT molecular complexity index is 204. The van der Waals surface area contributed by atoms with Crippen LogP contribution in [0.1, 0.15) is 13.8 Å². The van der Waals surface area contributed by atoms with Crippen molar-refractivity contribution in [3.05, 3.63) is 0 Å². The number of hydrogen-bond donors (Lipinski definition) is 1. The second kappa shape index (κ2) is 2.50. The van der Waals surface area contributed by atoms with E-state index in [0.717, 1.165) is 5.06 Å². The minimum absolute atomic E-state index is 0.202. The largest absolute Gasteiger partial charge is 0.338 e. The molecule has 1 saturated heterocycles. The summed E-state index contributed by atoms with van der Waals surface area (Å²) < 4.78 is 0. The van der Waals surface area contributed by atoms with Crippen molar-refractivity contribution in [3.63, 3.8) is 0 Å². The first-order valence-electron chi connectivity index (χ1n) is 3.31. The van der Waals surface area contributed by atoms with E-state index in [-0.39, 0.29) is 11.9 Å². The molecule has 1 amide bonds. The molecule has 0 aromatic rings. The van der Waals surface area contributed by atoms with Crippen LogP contribution in [0.25, 0.3) is 0 Å². The number of nitrogens with zero attached hydrogens (tertiary/aromatic N) is 1. The van der Waals surface area contributed by atoms with Gasteiger partial charge in [0.05, 0.1) is 6.04 Å². The van der Waals surface area contributed by atoms with Crippen LogP contribution < -0.4 is 5.73 Å². The molecule has 1 heterocycles. The van der Waals surface area contributed by atoms with Gasteiger partial charge in [-0.15, -0.1) is 0 Å². The number of hydroxylamine groups is 2. The second-order valence-electron chi connectivity index (χ2n) is 2.51. The molecule has 2 N–H and O–H groups in total. The van der Waals surface area contributed by atoms with E-state index in [1.807, 2.05) is 0 Å². The van der Waals surface area contributed by atoms with Crippen LogP contribution in [0, 0.1) is 0 Å². The fraction of sp³-hybridized carbons (Fsp3) is 0.667. The molecular weight excluding hydrogens is 148 g/mol. The average molecular weight is 158 g/mol. The fourth-order valence-corrected chi connectivity index (χ4v) is 0.884. The van der Waals surface area contributed by atoms with E-state index in [9.17, 15) is 9.59 Å². The summed E-state index contributed by atoms with van der Waals surface area (Å²) in [4.78, 5) is 25.8. The van der Waals surface area contributed by atoms with Gasteiger partial charge in [0, 0.05) is 6.92 Å². The lowest BCUT2D eigenvalue weighted by Crippen LogP contribution is -2.67. The van der Waals surface area contributed by atoms with Gasteiger partial charge in [0.2, 0.25) is 0 Å². The first-order valence-corrected chi connectivity index (χ1v) is 3.31. The lowest BCUT2D eigenvalue weighted by atomic mass is 10.0. The van der Waals surface area contributed by atoms with Crippen molar-refractivity contribution in [1.82, 2.24) is 5.06 Å². The quantitative estimate of drug-likeness (QED) is 0.498. The topological polar surface area (TPSA) is 72.6 Å². The smallest absolute Gasteiger partial charge is 0.329 e. The van der Waals surface area contributed by atoms with Gasteiger partial charge in [0.1, 0.15) is 6.04 Å². The van der Waals surface area contributed by atoms with Crippen LogP contribution in [0.5, 0.6) is 0 Å². The predicted octanol–water partition coefficient (Wildman–Crippen LogP) is -0.977. The number of amides is 1. The summed E-state index contributed by atoms with van der Waals surface area (Å²) in [6.45, 7) is 2.96. The van der Waals surface area contributed by atoms with Gasteiger partial charge in [-0.3, -0.25) is 9.59 Å². The highest BCUT2D eigenvalue weighted by Gasteiger charge is 2.44. The van der Waals surface area contributed by atoms with Gasteiger partial charge in [-0.05, 0) is 6.92 Å². The molecule has 0 saturated carbocycles. The van der Waals surface area contributed by atoms with Gasteiger partial charge < -0.3 is 10.6 Å². The Morgan fingerprint density at radius 2 is 2.27 bits per heavy atom. The molecule has 11 heavy (non-hydrogen) atoms. The summed E-state index contributed by atoms with van der Waals surface area (Å²) in [5.41, 5.74) is 5.35. The molecule has 0 aliphatic carbocycles. The molecule has 0 bridgehead atoms. The van der Waals surface area contributed by atoms with Gasteiger partial charge in [0.15, 0.2) is 0 Å². The van der Waals surface area contributed by atoms with E-state index in [0.29, 0.717) is 0 Å². The number of β-lactam (4-membered cyclic amide) rings is 1. The molecule has 1 fully saturated rings. The highest BCUT2D eigenvalue weighted by molar-refractivity contribution is 5.89. The van der Waals surface area contributed by atoms with Crippen molar-refractivity contribution < 1.29 is 14.4 Å². The Morgan fingerprint density at radius 3 is 2.64 bits per heavy atom. The van der Waals surface area contributed by atoms with E-state index in [2.05, 4.69) is 4.84 Å². The molecule has 0 aromatic heterocycles. The van der Waals surface area contributed by atoms with E-state index < -0.39 is 12.0 Å². The van der Waals surface area contributed by atoms with Crippen LogP contribution in [0.3, 0.4) is 0 Å². The van der Waals surface area contributed by atoms with Gasteiger partial charge >= 0.3 is 5.97 Å². The van der Waals surface area contributed by atoms with Crippen LogP contribution in [0.15, 0.2) is 0 Å². The third-order valence-corrected chi connectivity index (χ3v) is 1.62. The zero-order valence-electron chi connectivity index (χ0n) is 6.40. The zero-order chi connectivity index (χ0) is 8.59. The predicted molar refractivity (Wildman–Crippen MR) is 36.0 cm³/mol. The lowest BCUT2D eigenvalue weighted by molar-refractivity contribution is -0.226. The maximum atomic E-state index is 10.8. The van der Waals surface area contributed by atoms with Crippen molar-refractivity contribution in [3.8, 4) is 0 Å². The fourth-order valence-electron chi connectivity index (χ4n) is 0.884. The SMILES string of the molecule is CC(=O)ON1C(=O)C(N)C1C. The van der Waals surface area contributed by atoms with Gasteiger partial charge in [-0.1, -0.05) is 0 Å². The monoisotopic (exact) mass is 158 g/mol. The lowest BCUT2D eigenvalue weighted by Gasteiger charge is -2.40. The molecule has 1 aliphatic rings. The van der Waals surface area contributed by atoms with Crippen LogP contribution in [-0.2, 0) is 14.4 Å². The molecule has 2 atom stereocenters. The van der Waals surface area contributed by atoms with E-state index in [1.54, 1.807) is 6.92 Å². The van der Waals surface area contributed by atoms with Crippen molar-refractivity contribution in [2.24, 2.45) is 5.73 Å². The van der Waals surface area contributed by atoms with Crippen LogP contribution in [0.2, 0.25) is 0 Å². The van der Waals surface area contributed by atoms with Gasteiger partial charge in [-0.2, -0.15) is 5.06 Å². The number of hydrogen-bond acceptors (Lipinski definition) is 4. The minimum Gasteiger partial charge on any atom is -0.338 e. The third-order valence-electron chi connectivity index (χ3n) is 1.62. The van der Waals surface area contributed by atoms with Crippen molar-refractivity contribution in [2.75, 3.05) is 0 Å². The number of nitrogens with two attached hydrogens (primary N) is 1. The Labute approximate surface area is 64.0 Å². The summed E-state index contributed by atoms with van der Waals surface area (Å²) in [6.07, 6.45) is 0. The molecule has 5 heteroatoms. The minimum atomic E-state index is -0.519. The van der Waals surface area contributed by atoms with Gasteiger partial charge in [-0.25, -0.2) is 0 Å². The highest BCUT2D eigenvalue weighted by atomic mass is 16.7. The van der Waals surface area contributed by atoms with Gasteiger partial charge in [0.25, 0.3) is 5.91 Å². The summed E-state index contributed by atoms with van der Waals surface area (Å²) in [7, 11) is 0. The molecule has 0 radical (unpaired) electrons. The maximum absolute atomic E-state index is 10.8. The number of carbonyl (C=O) groups excluding carboxylic acids is 2. The first-order chi connectivity index (χ1) is 5.04. The highest BCUT2D eigenvalue weighted by Crippen LogP contribution is 2.17. The van der Waals surface area contributed by atoms with E-state index >= 15 is 0 Å². The summed E-state index contributed by atoms with van der Waals surface area (Å²) in [5, 5.41) is 0.993. The van der Waals surface area contributed by atoms with Crippen molar-refractivity contribution >= 4 is 11.9 Å². The van der Waals surface area contributed by atoms with E-state index in [4.69, 9.17) is 5.73 Å². The molecule has 0 aromatic carbocycles. The molecule has 2 unspecified atom stereocenters. The summed E-state index contributed by atoms with van der Waals surface area (Å²) in [5.74, 6) is -0.843. The normalized spacial score (nSPS) is 29.7. The third kappa shape index (κ3) is 1.19. The Hall–Kier alpha value is -1.10. The molecule has 0 spiro atoms. The maximum Gasteiger partial charge on any atom is 0.329 e. The Morgan fingerprint density at radius 1 is 1.73 bits per heavy atom. The molecule has 1 aliphatic heterocycles. The standard InChI is InChI=1S/C6H10N2O3/c1-3-5(7)6(10)8(3)11-4(2)9/h3,5H,7H2,1-2H3. The van der Waals surface area contributed by atoms with Crippen molar-refractivity contribution in [2.45, 2.75) is 25.9 Å². The molecule has 1 rings (SSSR count). The Balaban J connectivity index is 2.49. The van der Waals surface area contributed by atoms with Crippen LogP contribution >= 0.6 is 0 Å². The Kier molecular flexibility index (Phi) is 1.82. The van der Waals surface area contributed by atoms with Crippen LogP contribution in [0.4, 0.5) is 0 Å². The van der Waals surface area contributed by atoms with Crippen molar-refractivity contribution in [1.29, 1.82) is 0 Å². The van der Waals surface area contributed by atoms with Crippen LogP contribution in [-0.4, -0.2) is 29.0 Å². The first kappa shape index (κ1) is 8.00. The second-order valence-corrected chi connectivity index (χ2v) is 2.51.